The Balaban J connectivity index is 1.22. The second kappa shape index (κ2) is 7.86. The van der Waals surface area contributed by atoms with E-state index in [1.165, 1.54) is 0 Å². The molecule has 2 aromatic heterocycles. The third kappa shape index (κ3) is 4.05. The van der Waals surface area contributed by atoms with Crippen LogP contribution in [0.4, 0.5) is 5.82 Å². The highest BCUT2D eigenvalue weighted by Crippen LogP contribution is 2.26. The summed E-state index contributed by atoms with van der Waals surface area (Å²) >= 11 is 0. The Morgan fingerprint density at radius 1 is 1.15 bits per heavy atom. The molecule has 1 aromatic carbocycles. The number of hydrogen-bond acceptors (Lipinski definition) is 6. The number of aryl methyl sites for hydroxylation is 1. The number of fused-ring (bicyclic) bond motifs is 1. The van der Waals surface area contributed by atoms with Crippen LogP contribution in [-0.4, -0.2) is 45.1 Å². The fourth-order valence-electron chi connectivity index (χ4n) is 2.94. The van der Waals surface area contributed by atoms with Crippen LogP contribution in [0.5, 0.6) is 5.75 Å². The molecule has 3 aromatic rings. The maximum atomic E-state index is 12.3. The number of ether oxygens (including phenoxy) is 1. The van der Waals surface area contributed by atoms with Crippen LogP contribution >= 0.6 is 0 Å². The lowest BCUT2D eigenvalue weighted by atomic mass is 10.0. The molecule has 1 unspecified atom stereocenters. The summed E-state index contributed by atoms with van der Waals surface area (Å²) in [5.74, 6) is 2.00. The molecule has 138 valence electrons. The first-order valence-corrected chi connectivity index (χ1v) is 8.89. The molecule has 8 heteroatoms. The molecule has 1 atom stereocenters. The van der Waals surface area contributed by atoms with Crippen molar-refractivity contribution in [3.8, 4) is 11.6 Å². The van der Waals surface area contributed by atoms with E-state index in [4.69, 9.17) is 4.74 Å². The molecule has 27 heavy (non-hydrogen) atoms. The maximum absolute atomic E-state index is 12.3. The van der Waals surface area contributed by atoms with Gasteiger partial charge in [-0.25, -0.2) is 4.68 Å². The van der Waals surface area contributed by atoms with Gasteiger partial charge in [0, 0.05) is 25.5 Å². The van der Waals surface area contributed by atoms with Gasteiger partial charge in [0.15, 0.2) is 11.9 Å². The summed E-state index contributed by atoms with van der Waals surface area (Å²) in [6, 6.07) is 13.3. The minimum absolute atomic E-state index is 0.0913. The van der Waals surface area contributed by atoms with E-state index in [0.29, 0.717) is 31.1 Å². The highest BCUT2D eigenvalue weighted by atomic mass is 16.5. The lowest BCUT2D eigenvalue weighted by Gasteiger charge is -2.25. The van der Waals surface area contributed by atoms with Crippen LogP contribution in [-0.2, 0) is 11.2 Å². The smallest absolute Gasteiger partial charge is 0.261 e. The number of amides is 1. The van der Waals surface area contributed by atoms with Gasteiger partial charge in [-0.3, -0.25) is 4.79 Å². The Hall–Kier alpha value is -3.42. The number of carbonyl (C=O) groups excluding carboxylic acids is 1. The number of hydrogen-bond donors (Lipinski definition) is 2. The summed E-state index contributed by atoms with van der Waals surface area (Å²) in [4.78, 5) is 12.3. The Bertz CT molecular complexity index is 895. The largest absolute Gasteiger partial charge is 0.480 e. The molecule has 0 fully saturated rings. The van der Waals surface area contributed by atoms with E-state index in [9.17, 15) is 4.79 Å². The van der Waals surface area contributed by atoms with Crippen LogP contribution in [0, 0.1) is 0 Å². The summed E-state index contributed by atoms with van der Waals surface area (Å²) in [7, 11) is 0. The lowest BCUT2D eigenvalue weighted by Crippen LogP contribution is -2.42. The molecule has 1 amide bonds. The van der Waals surface area contributed by atoms with Gasteiger partial charge in [0.25, 0.3) is 5.91 Å². The monoisotopic (exact) mass is 364 g/mol. The Morgan fingerprint density at radius 2 is 2.07 bits per heavy atom. The third-order valence-electron chi connectivity index (χ3n) is 4.33. The van der Waals surface area contributed by atoms with Gasteiger partial charge >= 0.3 is 0 Å². The highest BCUT2D eigenvalue weighted by molar-refractivity contribution is 5.81. The van der Waals surface area contributed by atoms with Gasteiger partial charge in [0.2, 0.25) is 0 Å². The number of carbonyl (C=O) groups is 1. The molecule has 0 aliphatic carbocycles. The van der Waals surface area contributed by atoms with Crippen LogP contribution in [0.25, 0.3) is 5.82 Å². The second-order valence-electron chi connectivity index (χ2n) is 6.20. The molecule has 8 nitrogen and oxygen atoms in total. The average Bonchev–Trinajstić information content (AvgIpc) is 3.26. The summed E-state index contributed by atoms with van der Waals surface area (Å²) in [5, 5.41) is 18.4. The summed E-state index contributed by atoms with van der Waals surface area (Å²) in [6.45, 7) is 1.02. The van der Waals surface area contributed by atoms with E-state index in [2.05, 4.69) is 25.9 Å². The van der Waals surface area contributed by atoms with E-state index >= 15 is 0 Å². The average molecular weight is 364 g/mol. The van der Waals surface area contributed by atoms with Gasteiger partial charge in [0.05, 0.1) is 0 Å². The number of benzene rings is 1. The summed E-state index contributed by atoms with van der Waals surface area (Å²) in [5.41, 5.74) is 1.15. The molecule has 0 saturated carbocycles. The van der Waals surface area contributed by atoms with E-state index in [-0.39, 0.29) is 5.91 Å². The topological polar surface area (TPSA) is 94.0 Å². The number of nitrogens with zero attached hydrogens (tertiary/aromatic N) is 4. The number of para-hydroxylation sites is 1. The molecule has 1 aliphatic rings. The van der Waals surface area contributed by atoms with Crippen molar-refractivity contribution in [3.63, 3.8) is 0 Å². The van der Waals surface area contributed by atoms with E-state index in [1.807, 2.05) is 42.5 Å². The van der Waals surface area contributed by atoms with Crippen molar-refractivity contribution >= 4 is 11.7 Å². The van der Waals surface area contributed by atoms with Crippen molar-refractivity contribution < 1.29 is 9.53 Å². The first kappa shape index (κ1) is 17.0. The summed E-state index contributed by atoms with van der Waals surface area (Å²) < 4.78 is 7.43. The van der Waals surface area contributed by atoms with Crippen LogP contribution < -0.4 is 15.4 Å². The first-order chi connectivity index (χ1) is 13.3. The molecule has 0 saturated heterocycles. The number of aromatic nitrogens is 4. The molecule has 1 aliphatic heterocycles. The number of nitrogens with one attached hydrogen (secondary N) is 2. The van der Waals surface area contributed by atoms with E-state index < -0.39 is 6.10 Å². The predicted octanol–water partition coefficient (Wildman–Crippen LogP) is 1.58. The number of rotatable bonds is 6. The Labute approximate surface area is 156 Å². The minimum Gasteiger partial charge on any atom is -0.480 e. The fourth-order valence-corrected chi connectivity index (χ4v) is 2.94. The molecule has 3 heterocycles. The van der Waals surface area contributed by atoms with E-state index in [0.717, 1.165) is 17.7 Å². The molecule has 2 N–H and O–H groups in total. The van der Waals surface area contributed by atoms with Gasteiger partial charge < -0.3 is 15.4 Å². The zero-order chi connectivity index (χ0) is 18.5. The molecular formula is C19H20N6O2. The van der Waals surface area contributed by atoms with Crippen LogP contribution in [0.1, 0.15) is 12.0 Å². The second-order valence-corrected chi connectivity index (χ2v) is 6.20. The van der Waals surface area contributed by atoms with Crippen molar-refractivity contribution in [2.75, 3.05) is 18.4 Å². The quantitative estimate of drug-likeness (QED) is 0.645. The highest BCUT2D eigenvalue weighted by Gasteiger charge is 2.25. The molecule has 0 radical (unpaired) electrons. The van der Waals surface area contributed by atoms with E-state index in [1.54, 1.807) is 17.1 Å². The van der Waals surface area contributed by atoms with Gasteiger partial charge in [-0.1, -0.05) is 18.2 Å². The van der Waals surface area contributed by atoms with Gasteiger partial charge in [-0.05, 0) is 42.7 Å². The predicted molar refractivity (Wildman–Crippen MR) is 99.8 cm³/mol. The van der Waals surface area contributed by atoms with Gasteiger partial charge in [-0.2, -0.15) is 5.10 Å². The van der Waals surface area contributed by atoms with Crippen LogP contribution in [0.15, 0.2) is 54.9 Å². The van der Waals surface area contributed by atoms with Crippen LogP contribution in [0.2, 0.25) is 0 Å². The SMILES string of the molecule is O=C(NCCNc1ccc(-n2cccn2)nn1)C1CCc2ccccc2O1. The van der Waals surface area contributed by atoms with Gasteiger partial charge in [0.1, 0.15) is 11.6 Å². The molecule has 4 rings (SSSR count). The lowest BCUT2D eigenvalue weighted by molar-refractivity contribution is -0.128. The Morgan fingerprint density at radius 3 is 2.89 bits per heavy atom. The van der Waals surface area contributed by atoms with Crippen molar-refractivity contribution in [2.45, 2.75) is 18.9 Å². The van der Waals surface area contributed by atoms with Crippen molar-refractivity contribution in [1.29, 1.82) is 0 Å². The standard InChI is InChI=1S/C19H20N6O2/c26-19(16-7-6-14-4-1-2-5-15(14)27-16)21-12-11-20-17-8-9-18(24-23-17)25-13-3-10-22-25/h1-5,8-10,13,16H,6-7,11-12H2,(H,20,23)(H,21,26). The maximum Gasteiger partial charge on any atom is 0.261 e. The van der Waals surface area contributed by atoms with Crippen LogP contribution in [0.3, 0.4) is 0 Å². The number of anilines is 1. The Kier molecular flexibility index (Phi) is 4.95. The van der Waals surface area contributed by atoms with Crippen molar-refractivity contribution in [1.82, 2.24) is 25.3 Å². The normalized spacial score (nSPS) is 15.5. The fraction of sp³-hybridized carbons (Fsp3) is 0.263. The van der Waals surface area contributed by atoms with Gasteiger partial charge in [-0.15, -0.1) is 10.2 Å². The zero-order valence-electron chi connectivity index (χ0n) is 14.7. The molecular weight excluding hydrogens is 344 g/mol. The zero-order valence-corrected chi connectivity index (χ0v) is 14.7. The van der Waals surface area contributed by atoms with Crippen molar-refractivity contribution in [3.05, 3.63) is 60.4 Å². The first-order valence-electron chi connectivity index (χ1n) is 8.89. The molecule has 0 spiro atoms. The third-order valence-corrected chi connectivity index (χ3v) is 4.33. The molecule has 0 bridgehead atoms. The summed E-state index contributed by atoms with van der Waals surface area (Å²) in [6.07, 6.45) is 4.60. The van der Waals surface area contributed by atoms with Crippen molar-refractivity contribution in [2.24, 2.45) is 0 Å². The minimum atomic E-state index is -0.437.